The predicted molar refractivity (Wildman–Crippen MR) is 120 cm³/mol. The lowest BCUT2D eigenvalue weighted by molar-refractivity contribution is -0.119. The van der Waals surface area contributed by atoms with Gasteiger partial charge in [0.2, 0.25) is 5.91 Å². The molecule has 0 saturated heterocycles. The number of hydrogen-bond donors (Lipinski definition) is 1. The molecule has 0 unspecified atom stereocenters. The van der Waals surface area contributed by atoms with Crippen molar-refractivity contribution >= 4 is 33.4 Å². The molecule has 2 aromatic rings. The van der Waals surface area contributed by atoms with Crippen molar-refractivity contribution in [2.24, 2.45) is 0 Å². The first-order chi connectivity index (χ1) is 14.4. The van der Waals surface area contributed by atoms with Crippen LogP contribution in [0, 0.1) is 12.7 Å². The number of hydrogen-bond acceptors (Lipinski definition) is 4. The molecule has 0 aliphatic heterocycles. The van der Waals surface area contributed by atoms with Gasteiger partial charge in [-0.3, -0.25) is 9.10 Å². The normalized spacial score (nSPS) is 14.6. The number of rotatable bonds is 9. The van der Waals surface area contributed by atoms with Crippen molar-refractivity contribution in [3.63, 3.8) is 0 Å². The smallest absolute Gasteiger partial charge is 0.264 e. The SMILES string of the molecule is Cc1ccc(S(=O)(=O)N(CC(=O)NCCSC2CCCC2)c2ccccc2F)cc1. The second kappa shape index (κ2) is 10.3. The summed E-state index contributed by atoms with van der Waals surface area (Å²) in [6, 6.07) is 11.9. The number of sulfonamides is 1. The van der Waals surface area contributed by atoms with Crippen molar-refractivity contribution in [2.45, 2.75) is 42.8 Å². The van der Waals surface area contributed by atoms with Gasteiger partial charge in [-0.25, -0.2) is 12.8 Å². The van der Waals surface area contributed by atoms with E-state index in [0.717, 1.165) is 15.6 Å². The van der Waals surface area contributed by atoms with Crippen LogP contribution in [0.3, 0.4) is 0 Å². The summed E-state index contributed by atoms with van der Waals surface area (Å²) in [5.74, 6) is -0.375. The predicted octanol–water partition coefficient (Wildman–Crippen LogP) is 4.12. The van der Waals surface area contributed by atoms with Gasteiger partial charge in [0.15, 0.2) is 0 Å². The Hall–Kier alpha value is -2.06. The van der Waals surface area contributed by atoms with E-state index in [-0.39, 0.29) is 10.6 Å². The molecule has 1 aliphatic carbocycles. The summed E-state index contributed by atoms with van der Waals surface area (Å²) < 4.78 is 41.7. The van der Waals surface area contributed by atoms with Gasteiger partial charge in [0.25, 0.3) is 10.0 Å². The van der Waals surface area contributed by atoms with E-state index in [9.17, 15) is 17.6 Å². The number of thioether (sulfide) groups is 1. The van der Waals surface area contributed by atoms with Gasteiger partial charge in [-0.2, -0.15) is 11.8 Å². The first kappa shape index (κ1) is 22.6. The number of aryl methyl sites for hydroxylation is 1. The zero-order valence-corrected chi connectivity index (χ0v) is 18.6. The molecule has 30 heavy (non-hydrogen) atoms. The fourth-order valence-corrected chi connectivity index (χ4v) is 6.10. The zero-order chi connectivity index (χ0) is 21.6. The van der Waals surface area contributed by atoms with E-state index in [2.05, 4.69) is 5.32 Å². The molecule has 0 heterocycles. The Balaban J connectivity index is 1.72. The van der Waals surface area contributed by atoms with Crippen LogP contribution in [-0.2, 0) is 14.8 Å². The van der Waals surface area contributed by atoms with Crippen molar-refractivity contribution in [3.05, 3.63) is 59.9 Å². The molecule has 0 atom stereocenters. The molecule has 162 valence electrons. The summed E-state index contributed by atoms with van der Waals surface area (Å²) in [5, 5.41) is 3.42. The minimum atomic E-state index is -4.10. The number of nitrogens with zero attached hydrogens (tertiary/aromatic N) is 1. The molecular weight excluding hydrogens is 423 g/mol. The molecule has 1 N–H and O–H groups in total. The van der Waals surface area contributed by atoms with Gasteiger partial charge in [0.05, 0.1) is 10.6 Å². The Morgan fingerprint density at radius 1 is 1.13 bits per heavy atom. The molecule has 3 rings (SSSR count). The van der Waals surface area contributed by atoms with E-state index in [1.54, 1.807) is 18.2 Å². The maximum Gasteiger partial charge on any atom is 0.264 e. The van der Waals surface area contributed by atoms with Crippen LogP contribution >= 0.6 is 11.8 Å². The monoisotopic (exact) mass is 450 g/mol. The number of nitrogens with one attached hydrogen (secondary N) is 1. The number of para-hydroxylation sites is 1. The number of halogens is 1. The lowest BCUT2D eigenvalue weighted by atomic mass is 10.2. The van der Waals surface area contributed by atoms with Crippen molar-refractivity contribution in [1.29, 1.82) is 0 Å². The van der Waals surface area contributed by atoms with Crippen LogP contribution in [0.5, 0.6) is 0 Å². The van der Waals surface area contributed by atoms with Crippen molar-refractivity contribution in [3.8, 4) is 0 Å². The van der Waals surface area contributed by atoms with Gasteiger partial charge >= 0.3 is 0 Å². The van der Waals surface area contributed by atoms with Gasteiger partial charge in [0, 0.05) is 17.5 Å². The van der Waals surface area contributed by atoms with Crippen LogP contribution in [-0.4, -0.2) is 38.4 Å². The lowest BCUT2D eigenvalue weighted by Crippen LogP contribution is -2.41. The first-order valence-electron chi connectivity index (χ1n) is 10.1. The van der Waals surface area contributed by atoms with Crippen LogP contribution in [0.4, 0.5) is 10.1 Å². The van der Waals surface area contributed by atoms with E-state index in [0.29, 0.717) is 11.8 Å². The number of anilines is 1. The largest absolute Gasteiger partial charge is 0.354 e. The molecule has 2 aromatic carbocycles. The van der Waals surface area contributed by atoms with E-state index in [4.69, 9.17) is 0 Å². The molecule has 5 nitrogen and oxygen atoms in total. The summed E-state index contributed by atoms with van der Waals surface area (Å²) in [7, 11) is -4.10. The van der Waals surface area contributed by atoms with E-state index >= 15 is 0 Å². The van der Waals surface area contributed by atoms with Crippen molar-refractivity contribution in [1.82, 2.24) is 5.32 Å². The molecule has 0 radical (unpaired) electrons. The quantitative estimate of drug-likeness (QED) is 0.584. The zero-order valence-electron chi connectivity index (χ0n) is 17.0. The summed E-state index contributed by atoms with van der Waals surface area (Å²) in [6.45, 7) is 1.82. The second-order valence-electron chi connectivity index (χ2n) is 7.40. The third-order valence-electron chi connectivity index (χ3n) is 5.10. The van der Waals surface area contributed by atoms with Gasteiger partial charge in [-0.1, -0.05) is 42.7 Å². The molecule has 1 aliphatic rings. The Labute approximate surface area is 182 Å². The lowest BCUT2D eigenvalue weighted by Gasteiger charge is -2.24. The highest BCUT2D eigenvalue weighted by molar-refractivity contribution is 7.99. The summed E-state index contributed by atoms with van der Waals surface area (Å²) >= 11 is 1.84. The molecule has 1 amide bonds. The average Bonchev–Trinajstić information content (AvgIpc) is 3.24. The van der Waals surface area contributed by atoms with Crippen LogP contribution in [0.2, 0.25) is 0 Å². The minimum Gasteiger partial charge on any atom is -0.354 e. The Morgan fingerprint density at radius 3 is 2.47 bits per heavy atom. The van der Waals surface area contributed by atoms with E-state index in [1.807, 2.05) is 18.7 Å². The van der Waals surface area contributed by atoms with Crippen LogP contribution in [0.15, 0.2) is 53.4 Å². The second-order valence-corrected chi connectivity index (χ2v) is 10.7. The van der Waals surface area contributed by atoms with E-state index in [1.165, 1.54) is 56.0 Å². The number of amides is 1. The number of carbonyl (C=O) groups is 1. The van der Waals surface area contributed by atoms with Gasteiger partial charge in [-0.15, -0.1) is 0 Å². The molecule has 1 saturated carbocycles. The first-order valence-corrected chi connectivity index (χ1v) is 12.6. The minimum absolute atomic E-state index is 0.0148. The maximum atomic E-state index is 14.4. The molecule has 1 fully saturated rings. The molecule has 8 heteroatoms. The molecule has 0 bridgehead atoms. The average molecular weight is 451 g/mol. The topological polar surface area (TPSA) is 66.5 Å². The van der Waals surface area contributed by atoms with Crippen LogP contribution < -0.4 is 9.62 Å². The fourth-order valence-electron chi connectivity index (χ4n) is 3.45. The van der Waals surface area contributed by atoms with Gasteiger partial charge in [0.1, 0.15) is 12.4 Å². The Kier molecular flexibility index (Phi) is 7.77. The molecule has 0 spiro atoms. The van der Waals surface area contributed by atoms with Gasteiger partial charge in [-0.05, 0) is 44.0 Å². The van der Waals surface area contributed by atoms with Crippen molar-refractivity contribution < 1.29 is 17.6 Å². The van der Waals surface area contributed by atoms with Crippen LogP contribution in [0.25, 0.3) is 0 Å². The highest BCUT2D eigenvalue weighted by Crippen LogP contribution is 2.29. The molecular formula is C22H27FN2O3S2. The standard InChI is InChI=1S/C22H27FN2O3S2/c1-17-10-12-19(13-11-17)30(27,28)25(21-9-5-4-8-20(21)23)16-22(26)24-14-15-29-18-6-2-3-7-18/h4-5,8-13,18H,2-3,6-7,14-16H2,1H3,(H,24,26). The van der Waals surface area contributed by atoms with E-state index < -0.39 is 28.3 Å². The maximum absolute atomic E-state index is 14.4. The Bertz CT molecular complexity index is 959. The summed E-state index contributed by atoms with van der Waals surface area (Å²) in [6.07, 6.45) is 4.96. The molecule has 0 aromatic heterocycles. The number of benzene rings is 2. The summed E-state index contributed by atoms with van der Waals surface area (Å²) in [4.78, 5) is 12.5. The number of carbonyl (C=O) groups excluding carboxylic acids is 1. The Morgan fingerprint density at radius 2 is 1.80 bits per heavy atom. The third-order valence-corrected chi connectivity index (χ3v) is 8.25. The highest BCUT2D eigenvalue weighted by Gasteiger charge is 2.29. The van der Waals surface area contributed by atoms with Gasteiger partial charge < -0.3 is 5.32 Å². The highest BCUT2D eigenvalue weighted by atomic mass is 32.2. The third kappa shape index (κ3) is 5.76. The van der Waals surface area contributed by atoms with Crippen molar-refractivity contribution in [2.75, 3.05) is 23.1 Å². The van der Waals surface area contributed by atoms with Crippen LogP contribution in [0.1, 0.15) is 31.2 Å². The fraction of sp³-hybridized carbons (Fsp3) is 0.409. The summed E-state index contributed by atoms with van der Waals surface area (Å²) in [5.41, 5.74) is 0.762.